The second-order valence-electron chi connectivity index (χ2n) is 5.59. The second kappa shape index (κ2) is 6.96. The van der Waals surface area contributed by atoms with Gasteiger partial charge in [-0.25, -0.2) is 9.97 Å². The molecular formula is C16H18ClN3O4. The van der Waals surface area contributed by atoms with Gasteiger partial charge < -0.3 is 18.9 Å². The normalized spacial score (nSPS) is 17.9. The van der Waals surface area contributed by atoms with E-state index in [0.29, 0.717) is 53.1 Å². The van der Waals surface area contributed by atoms with Crippen molar-refractivity contribution < 1.29 is 18.9 Å². The van der Waals surface area contributed by atoms with Crippen molar-refractivity contribution in [2.75, 3.05) is 52.7 Å². The summed E-state index contributed by atoms with van der Waals surface area (Å²) in [5, 5.41) is 1.01. The number of rotatable bonds is 4. The third kappa shape index (κ3) is 3.07. The van der Waals surface area contributed by atoms with Crippen LogP contribution in [0.15, 0.2) is 12.4 Å². The second-order valence-corrected chi connectivity index (χ2v) is 5.95. The Morgan fingerprint density at radius 3 is 2.71 bits per heavy atom. The van der Waals surface area contributed by atoms with Crippen molar-refractivity contribution in [1.82, 2.24) is 14.9 Å². The maximum absolute atomic E-state index is 6.21. The van der Waals surface area contributed by atoms with Gasteiger partial charge in [0.2, 0.25) is 5.75 Å². The Bertz CT molecular complexity index is 737. The number of nitrogens with zero attached hydrogens (tertiary/aromatic N) is 3. The van der Waals surface area contributed by atoms with Gasteiger partial charge in [-0.15, -0.1) is 0 Å². The number of morpholine rings is 1. The van der Waals surface area contributed by atoms with E-state index in [1.807, 2.05) is 6.07 Å². The third-order valence-electron chi connectivity index (χ3n) is 4.10. The van der Waals surface area contributed by atoms with Gasteiger partial charge in [-0.05, 0) is 0 Å². The molecule has 0 saturated carbocycles. The summed E-state index contributed by atoms with van der Waals surface area (Å²) in [7, 11) is 0. The van der Waals surface area contributed by atoms with Crippen LogP contribution in [0, 0.1) is 0 Å². The minimum atomic E-state index is 0.349. The number of ether oxygens (including phenoxy) is 4. The maximum atomic E-state index is 6.21. The van der Waals surface area contributed by atoms with E-state index < -0.39 is 0 Å². The molecule has 0 amide bonds. The van der Waals surface area contributed by atoms with Crippen LogP contribution in [-0.2, 0) is 4.74 Å². The molecule has 0 N–H and O–H groups in total. The summed E-state index contributed by atoms with van der Waals surface area (Å²) in [6.07, 6.45) is 1.43. The van der Waals surface area contributed by atoms with Crippen LogP contribution in [-0.4, -0.2) is 67.5 Å². The fourth-order valence-corrected chi connectivity index (χ4v) is 3.12. The first kappa shape index (κ1) is 15.7. The molecule has 2 aromatic rings. The molecule has 0 bridgehead atoms. The molecule has 8 heteroatoms. The Morgan fingerprint density at radius 2 is 1.88 bits per heavy atom. The van der Waals surface area contributed by atoms with Crippen LogP contribution in [0.5, 0.6) is 17.2 Å². The quantitative estimate of drug-likeness (QED) is 0.778. The van der Waals surface area contributed by atoms with Crippen LogP contribution < -0.4 is 14.2 Å². The Hall–Kier alpha value is -1.83. The van der Waals surface area contributed by atoms with Crippen molar-refractivity contribution in [3.8, 4) is 17.2 Å². The highest BCUT2D eigenvalue weighted by atomic mass is 35.5. The molecule has 7 nitrogen and oxygen atoms in total. The molecule has 1 fully saturated rings. The molecular weight excluding hydrogens is 334 g/mol. The predicted octanol–water partition coefficient (Wildman–Crippen LogP) is 1.77. The van der Waals surface area contributed by atoms with Gasteiger partial charge in [-0.1, -0.05) is 11.6 Å². The van der Waals surface area contributed by atoms with Crippen LogP contribution in [0.4, 0.5) is 0 Å². The molecule has 128 valence electrons. The topological polar surface area (TPSA) is 65.9 Å². The molecule has 24 heavy (non-hydrogen) atoms. The lowest BCUT2D eigenvalue weighted by molar-refractivity contribution is 0.0319. The highest BCUT2D eigenvalue weighted by Crippen LogP contribution is 2.46. The SMILES string of the molecule is Clc1ncnc2cc(OCCN3CCOCC3)c3c(c12)OCCO3. The van der Waals surface area contributed by atoms with E-state index in [4.69, 9.17) is 30.5 Å². The van der Waals surface area contributed by atoms with Crippen LogP contribution in [0.3, 0.4) is 0 Å². The lowest BCUT2D eigenvalue weighted by atomic mass is 10.2. The number of fused-ring (bicyclic) bond motifs is 3. The lowest BCUT2D eigenvalue weighted by Crippen LogP contribution is -2.38. The van der Waals surface area contributed by atoms with Gasteiger partial charge >= 0.3 is 0 Å². The van der Waals surface area contributed by atoms with Gasteiger partial charge in [0.1, 0.15) is 31.3 Å². The first-order chi connectivity index (χ1) is 11.8. The largest absolute Gasteiger partial charge is 0.488 e. The highest BCUT2D eigenvalue weighted by Gasteiger charge is 2.24. The Morgan fingerprint density at radius 1 is 1.08 bits per heavy atom. The summed E-state index contributed by atoms with van der Waals surface area (Å²) in [4.78, 5) is 10.6. The summed E-state index contributed by atoms with van der Waals surface area (Å²) in [6, 6.07) is 1.83. The molecule has 1 aromatic heterocycles. The van der Waals surface area contributed by atoms with Crippen LogP contribution >= 0.6 is 11.6 Å². The van der Waals surface area contributed by atoms with Gasteiger partial charge in [0.05, 0.1) is 24.1 Å². The van der Waals surface area contributed by atoms with Gasteiger partial charge in [0.15, 0.2) is 11.5 Å². The summed E-state index contributed by atoms with van der Waals surface area (Å²) in [5.74, 6) is 1.76. The van der Waals surface area contributed by atoms with Crippen molar-refractivity contribution in [3.63, 3.8) is 0 Å². The first-order valence-corrected chi connectivity index (χ1v) is 8.36. The van der Waals surface area contributed by atoms with E-state index in [1.165, 1.54) is 6.33 Å². The fraction of sp³-hybridized carbons (Fsp3) is 0.500. The molecule has 0 unspecified atom stereocenters. The van der Waals surface area contributed by atoms with Crippen molar-refractivity contribution in [3.05, 3.63) is 17.5 Å². The summed E-state index contributed by atoms with van der Waals surface area (Å²) >= 11 is 6.21. The molecule has 2 aliphatic heterocycles. The molecule has 2 aliphatic rings. The van der Waals surface area contributed by atoms with E-state index >= 15 is 0 Å². The summed E-state index contributed by atoms with van der Waals surface area (Å²) in [6.45, 7) is 5.74. The Labute approximate surface area is 144 Å². The van der Waals surface area contributed by atoms with Gasteiger partial charge in [-0.2, -0.15) is 0 Å². The highest BCUT2D eigenvalue weighted by molar-refractivity contribution is 6.34. The molecule has 1 aromatic carbocycles. The van der Waals surface area contributed by atoms with Crippen molar-refractivity contribution in [1.29, 1.82) is 0 Å². The monoisotopic (exact) mass is 351 g/mol. The van der Waals surface area contributed by atoms with Gasteiger partial charge in [-0.3, -0.25) is 4.90 Å². The van der Waals surface area contributed by atoms with Gasteiger partial charge in [0, 0.05) is 25.7 Å². The first-order valence-electron chi connectivity index (χ1n) is 7.98. The number of hydrogen-bond acceptors (Lipinski definition) is 7. The number of hydrogen-bond donors (Lipinski definition) is 0. The zero-order chi connectivity index (χ0) is 16.4. The zero-order valence-electron chi connectivity index (χ0n) is 13.2. The molecule has 4 rings (SSSR count). The zero-order valence-corrected chi connectivity index (χ0v) is 13.9. The summed E-state index contributed by atoms with van der Waals surface area (Å²) < 4.78 is 22.8. The molecule has 0 radical (unpaired) electrons. The van der Waals surface area contributed by atoms with Crippen molar-refractivity contribution in [2.24, 2.45) is 0 Å². The Kier molecular flexibility index (Phi) is 4.55. The lowest BCUT2D eigenvalue weighted by Gasteiger charge is -2.27. The van der Waals surface area contributed by atoms with Gasteiger partial charge in [0.25, 0.3) is 0 Å². The van der Waals surface area contributed by atoms with Crippen LogP contribution in [0.25, 0.3) is 10.9 Å². The average Bonchev–Trinajstić information content (AvgIpc) is 2.62. The number of halogens is 1. The number of benzene rings is 1. The Balaban J connectivity index is 1.58. The minimum absolute atomic E-state index is 0.349. The fourth-order valence-electron chi connectivity index (χ4n) is 2.89. The van der Waals surface area contributed by atoms with Crippen LogP contribution in [0.1, 0.15) is 0 Å². The van der Waals surface area contributed by atoms with E-state index in [9.17, 15) is 0 Å². The standard InChI is InChI=1S/C16H18ClN3O4/c17-16-13-11(18-10-19-16)9-12(14-15(13)24-8-7-23-14)22-6-3-20-1-4-21-5-2-20/h9-10H,1-8H2. The summed E-state index contributed by atoms with van der Waals surface area (Å²) in [5.41, 5.74) is 0.681. The molecule has 0 aliphatic carbocycles. The average molecular weight is 352 g/mol. The van der Waals surface area contributed by atoms with E-state index in [-0.39, 0.29) is 0 Å². The maximum Gasteiger partial charge on any atom is 0.204 e. The smallest absolute Gasteiger partial charge is 0.204 e. The van der Waals surface area contributed by atoms with Crippen molar-refractivity contribution >= 4 is 22.5 Å². The van der Waals surface area contributed by atoms with E-state index in [0.717, 1.165) is 32.8 Å². The minimum Gasteiger partial charge on any atom is -0.488 e. The van der Waals surface area contributed by atoms with E-state index in [1.54, 1.807) is 0 Å². The molecule has 3 heterocycles. The van der Waals surface area contributed by atoms with Crippen LogP contribution in [0.2, 0.25) is 5.15 Å². The predicted molar refractivity (Wildman–Crippen MR) is 88.3 cm³/mol. The molecule has 0 spiro atoms. The molecule has 1 saturated heterocycles. The number of aromatic nitrogens is 2. The van der Waals surface area contributed by atoms with Crippen molar-refractivity contribution in [2.45, 2.75) is 0 Å². The third-order valence-corrected chi connectivity index (χ3v) is 4.39. The molecule has 0 atom stereocenters. The van der Waals surface area contributed by atoms with E-state index in [2.05, 4.69) is 14.9 Å².